The first kappa shape index (κ1) is 16.9. The van der Waals surface area contributed by atoms with Gasteiger partial charge < -0.3 is 5.11 Å². The summed E-state index contributed by atoms with van der Waals surface area (Å²) in [6, 6.07) is 15.3. The molecule has 7 nitrogen and oxygen atoms in total. The standard InChI is InChI=1S/C17H15N3O4S/c18-25(23,24)14-9-5-4-8-12(14)16-13(10-15(21)22)19-20-17(16)11-6-2-1-3-7-11/h1-9H,10H2,(H,19,20)(H,21,22)(H2,18,23,24). The number of hydrogen-bond acceptors (Lipinski definition) is 4. The molecule has 25 heavy (non-hydrogen) atoms. The van der Waals surface area contributed by atoms with Crippen molar-refractivity contribution in [1.82, 2.24) is 10.2 Å². The molecule has 0 aliphatic carbocycles. The Morgan fingerprint density at radius 1 is 1.08 bits per heavy atom. The van der Waals surface area contributed by atoms with Crippen LogP contribution in [0.3, 0.4) is 0 Å². The fourth-order valence-electron chi connectivity index (χ4n) is 2.68. The van der Waals surface area contributed by atoms with Gasteiger partial charge in [0, 0.05) is 16.7 Å². The molecule has 0 aliphatic rings. The van der Waals surface area contributed by atoms with E-state index in [0.29, 0.717) is 16.8 Å². The Bertz CT molecular complexity index is 1030. The molecule has 8 heteroatoms. The molecule has 1 aromatic heterocycles. The van der Waals surface area contributed by atoms with Gasteiger partial charge in [-0.15, -0.1) is 0 Å². The summed E-state index contributed by atoms with van der Waals surface area (Å²) in [5, 5.41) is 21.4. The third-order valence-corrected chi connectivity index (χ3v) is 4.65. The molecule has 4 N–H and O–H groups in total. The SMILES string of the molecule is NS(=O)(=O)c1ccccc1-c1c(CC(=O)O)n[nH]c1-c1ccccc1. The number of nitrogens with zero attached hydrogens (tertiary/aromatic N) is 1. The van der Waals surface area contributed by atoms with Crippen LogP contribution in [0, 0.1) is 0 Å². The van der Waals surface area contributed by atoms with Crippen LogP contribution in [0.1, 0.15) is 5.69 Å². The van der Waals surface area contributed by atoms with Gasteiger partial charge in [0.2, 0.25) is 10.0 Å². The van der Waals surface area contributed by atoms with Crippen molar-refractivity contribution in [3.05, 3.63) is 60.3 Å². The molecule has 0 saturated heterocycles. The van der Waals surface area contributed by atoms with E-state index in [4.69, 9.17) is 10.2 Å². The van der Waals surface area contributed by atoms with Crippen LogP contribution in [0.25, 0.3) is 22.4 Å². The van der Waals surface area contributed by atoms with Crippen molar-refractivity contribution in [2.24, 2.45) is 5.14 Å². The maximum Gasteiger partial charge on any atom is 0.309 e. The number of aromatic amines is 1. The lowest BCUT2D eigenvalue weighted by Gasteiger charge is -2.10. The van der Waals surface area contributed by atoms with Crippen molar-refractivity contribution in [2.75, 3.05) is 0 Å². The summed E-state index contributed by atoms with van der Waals surface area (Å²) in [7, 11) is -3.99. The average Bonchev–Trinajstić information content (AvgIpc) is 2.97. The minimum Gasteiger partial charge on any atom is -0.481 e. The van der Waals surface area contributed by atoms with Gasteiger partial charge in [0.25, 0.3) is 0 Å². The van der Waals surface area contributed by atoms with Gasteiger partial charge in [-0.25, -0.2) is 13.6 Å². The van der Waals surface area contributed by atoms with Crippen molar-refractivity contribution < 1.29 is 18.3 Å². The molecule has 0 atom stereocenters. The van der Waals surface area contributed by atoms with Gasteiger partial charge >= 0.3 is 5.97 Å². The Morgan fingerprint density at radius 3 is 2.36 bits per heavy atom. The van der Waals surface area contributed by atoms with Crippen LogP contribution < -0.4 is 5.14 Å². The lowest BCUT2D eigenvalue weighted by molar-refractivity contribution is -0.136. The number of carboxylic acid groups (broad SMARTS) is 1. The highest BCUT2D eigenvalue weighted by Gasteiger charge is 2.23. The molecule has 0 bridgehead atoms. The van der Waals surface area contributed by atoms with Crippen molar-refractivity contribution in [2.45, 2.75) is 11.3 Å². The minimum absolute atomic E-state index is 0.0831. The number of nitrogens with one attached hydrogen (secondary N) is 1. The van der Waals surface area contributed by atoms with Crippen LogP contribution in [0.4, 0.5) is 0 Å². The normalized spacial score (nSPS) is 11.4. The van der Waals surface area contributed by atoms with E-state index < -0.39 is 16.0 Å². The van der Waals surface area contributed by atoms with E-state index in [-0.39, 0.29) is 17.0 Å². The third kappa shape index (κ3) is 3.44. The number of benzene rings is 2. The van der Waals surface area contributed by atoms with Crippen molar-refractivity contribution in [3.8, 4) is 22.4 Å². The molecule has 3 aromatic rings. The van der Waals surface area contributed by atoms with E-state index in [2.05, 4.69) is 10.2 Å². The molecule has 128 valence electrons. The Kier molecular flexibility index (Phi) is 4.39. The maximum atomic E-state index is 12.0. The molecule has 3 rings (SSSR count). The van der Waals surface area contributed by atoms with E-state index >= 15 is 0 Å². The fraction of sp³-hybridized carbons (Fsp3) is 0.0588. The number of sulfonamides is 1. The summed E-state index contributed by atoms with van der Waals surface area (Å²) in [6.07, 6.45) is -0.350. The maximum absolute atomic E-state index is 12.0. The van der Waals surface area contributed by atoms with Gasteiger partial charge in [-0.1, -0.05) is 48.5 Å². The number of nitrogens with two attached hydrogens (primary N) is 1. The van der Waals surface area contributed by atoms with Crippen molar-refractivity contribution >= 4 is 16.0 Å². The van der Waals surface area contributed by atoms with Crippen molar-refractivity contribution in [3.63, 3.8) is 0 Å². The van der Waals surface area contributed by atoms with Crippen LogP contribution in [0.15, 0.2) is 59.5 Å². The quantitative estimate of drug-likeness (QED) is 0.644. The Hall–Kier alpha value is -2.97. The van der Waals surface area contributed by atoms with Gasteiger partial charge in [-0.3, -0.25) is 9.89 Å². The summed E-state index contributed by atoms with van der Waals surface area (Å²) in [5.74, 6) is -1.07. The highest BCUT2D eigenvalue weighted by Crippen LogP contribution is 2.36. The number of aliphatic carboxylic acids is 1. The average molecular weight is 357 g/mol. The van der Waals surface area contributed by atoms with E-state index in [0.717, 1.165) is 5.56 Å². The van der Waals surface area contributed by atoms with Crippen LogP contribution in [0.2, 0.25) is 0 Å². The summed E-state index contributed by atoms with van der Waals surface area (Å²) in [5.41, 5.74) is 2.26. The molecule has 0 aliphatic heterocycles. The van der Waals surface area contributed by atoms with Gasteiger partial charge in [-0.05, 0) is 6.07 Å². The van der Waals surface area contributed by atoms with Crippen LogP contribution in [-0.4, -0.2) is 29.7 Å². The zero-order chi connectivity index (χ0) is 18.0. The molecule has 0 amide bonds. The molecule has 1 heterocycles. The van der Waals surface area contributed by atoms with Crippen LogP contribution in [-0.2, 0) is 21.2 Å². The van der Waals surface area contributed by atoms with E-state index in [1.807, 2.05) is 30.3 Å². The highest BCUT2D eigenvalue weighted by atomic mass is 32.2. The van der Waals surface area contributed by atoms with Crippen LogP contribution >= 0.6 is 0 Å². The summed E-state index contributed by atoms with van der Waals surface area (Å²) in [4.78, 5) is 11.1. The molecule has 0 radical (unpaired) electrons. The predicted octanol–water partition coefficient (Wildman–Crippen LogP) is 2.02. The lowest BCUT2D eigenvalue weighted by atomic mass is 9.98. The third-order valence-electron chi connectivity index (χ3n) is 3.69. The van der Waals surface area contributed by atoms with Gasteiger partial charge in [0.15, 0.2) is 0 Å². The topological polar surface area (TPSA) is 126 Å². The number of primary sulfonamides is 1. The zero-order valence-corrected chi connectivity index (χ0v) is 13.8. The molecular formula is C17H15N3O4S. The fourth-order valence-corrected chi connectivity index (χ4v) is 3.42. The number of H-pyrrole nitrogens is 1. The molecular weight excluding hydrogens is 342 g/mol. The summed E-state index contributed by atoms with van der Waals surface area (Å²) in [6.45, 7) is 0. The minimum atomic E-state index is -3.99. The molecule has 0 fully saturated rings. The number of hydrogen-bond donors (Lipinski definition) is 3. The summed E-state index contributed by atoms with van der Waals surface area (Å²) < 4.78 is 23.9. The first-order chi connectivity index (χ1) is 11.9. The van der Waals surface area contributed by atoms with Crippen LogP contribution in [0.5, 0.6) is 0 Å². The van der Waals surface area contributed by atoms with Gasteiger partial charge in [-0.2, -0.15) is 5.10 Å². The predicted molar refractivity (Wildman–Crippen MR) is 92.2 cm³/mol. The summed E-state index contributed by atoms with van der Waals surface area (Å²) >= 11 is 0. The molecule has 2 aromatic carbocycles. The van der Waals surface area contributed by atoms with E-state index in [1.54, 1.807) is 18.2 Å². The smallest absolute Gasteiger partial charge is 0.309 e. The van der Waals surface area contributed by atoms with E-state index in [1.165, 1.54) is 6.07 Å². The molecule has 0 spiro atoms. The Balaban J connectivity index is 2.32. The van der Waals surface area contributed by atoms with Gasteiger partial charge in [0.05, 0.1) is 22.7 Å². The molecule has 0 unspecified atom stereocenters. The Morgan fingerprint density at radius 2 is 1.72 bits per heavy atom. The first-order valence-electron chi connectivity index (χ1n) is 7.34. The first-order valence-corrected chi connectivity index (χ1v) is 8.89. The number of carboxylic acids is 1. The molecule has 0 saturated carbocycles. The number of aromatic nitrogens is 2. The Labute approximate surface area is 144 Å². The van der Waals surface area contributed by atoms with Crippen molar-refractivity contribution in [1.29, 1.82) is 0 Å². The monoisotopic (exact) mass is 357 g/mol. The second-order valence-electron chi connectivity index (χ2n) is 5.40. The second kappa shape index (κ2) is 6.50. The largest absolute Gasteiger partial charge is 0.481 e. The number of rotatable bonds is 5. The highest BCUT2D eigenvalue weighted by molar-refractivity contribution is 7.89. The second-order valence-corrected chi connectivity index (χ2v) is 6.93. The number of carbonyl (C=O) groups is 1. The van der Waals surface area contributed by atoms with E-state index in [9.17, 15) is 13.2 Å². The van der Waals surface area contributed by atoms with Gasteiger partial charge in [0.1, 0.15) is 0 Å². The lowest BCUT2D eigenvalue weighted by Crippen LogP contribution is -2.13. The zero-order valence-electron chi connectivity index (χ0n) is 13.0.